The molecule has 26 heavy (non-hydrogen) atoms. The van der Waals surface area contributed by atoms with Crippen LogP contribution < -0.4 is 0 Å². The fourth-order valence-electron chi connectivity index (χ4n) is 3.01. The molecule has 0 fully saturated rings. The topological polar surface area (TPSA) is 0 Å². The molecule has 0 saturated heterocycles. The van der Waals surface area contributed by atoms with Gasteiger partial charge in [-0.3, -0.25) is 0 Å². The van der Waals surface area contributed by atoms with E-state index in [1.165, 1.54) is 5.56 Å². The fraction of sp³-hybridized carbons (Fsp3) is 0.167. The van der Waals surface area contributed by atoms with Crippen LogP contribution in [0.5, 0.6) is 0 Å². The molecular formula is C24H20F2. The van der Waals surface area contributed by atoms with Crippen molar-refractivity contribution < 1.29 is 8.78 Å². The van der Waals surface area contributed by atoms with Crippen LogP contribution in [0.2, 0.25) is 0 Å². The summed E-state index contributed by atoms with van der Waals surface area (Å²) in [5.74, 6) is 4.11. The Kier molecular flexibility index (Phi) is 5.49. The Morgan fingerprint density at radius 2 is 1.23 bits per heavy atom. The van der Waals surface area contributed by atoms with E-state index in [1.807, 2.05) is 36.4 Å². The molecule has 0 saturated carbocycles. The van der Waals surface area contributed by atoms with E-state index in [4.69, 9.17) is 0 Å². The minimum Gasteiger partial charge on any atom is -0.203 e. The Morgan fingerprint density at radius 3 is 1.69 bits per heavy atom. The highest BCUT2D eigenvalue weighted by Gasteiger charge is 2.15. The van der Waals surface area contributed by atoms with Crippen molar-refractivity contribution in [2.75, 3.05) is 0 Å². The van der Waals surface area contributed by atoms with Crippen molar-refractivity contribution in [3.8, 4) is 34.1 Å². The first-order valence-corrected chi connectivity index (χ1v) is 8.74. The van der Waals surface area contributed by atoms with Gasteiger partial charge >= 0.3 is 0 Å². The molecular weight excluding hydrogens is 326 g/mol. The predicted molar refractivity (Wildman–Crippen MR) is 104 cm³/mol. The molecule has 0 N–H and O–H groups in total. The van der Waals surface area contributed by atoms with Crippen LogP contribution in [0.3, 0.4) is 0 Å². The second kappa shape index (κ2) is 7.97. The molecule has 0 aliphatic heterocycles. The zero-order valence-corrected chi connectivity index (χ0v) is 14.9. The molecule has 0 radical (unpaired) electrons. The highest BCUT2D eigenvalue weighted by molar-refractivity contribution is 5.72. The van der Waals surface area contributed by atoms with Crippen molar-refractivity contribution in [3.05, 3.63) is 83.4 Å². The van der Waals surface area contributed by atoms with Gasteiger partial charge in [-0.05, 0) is 42.2 Å². The number of benzene rings is 3. The first-order chi connectivity index (χ1) is 12.6. The third-order valence-electron chi connectivity index (χ3n) is 4.35. The van der Waals surface area contributed by atoms with E-state index >= 15 is 0 Å². The largest absolute Gasteiger partial charge is 0.203 e. The molecule has 0 aliphatic rings. The third-order valence-corrected chi connectivity index (χ3v) is 4.35. The lowest BCUT2D eigenvalue weighted by Crippen LogP contribution is -1.94. The van der Waals surface area contributed by atoms with E-state index in [0.717, 1.165) is 18.4 Å². The molecule has 2 heteroatoms. The molecule has 0 amide bonds. The standard InChI is InChI=1S/C24H20F2/c1-3-5-17-7-11-19(12-8-17)21-15-16-22(24(26)23(21)25)20-13-9-18(6-4-2)10-14-20/h7-16H,3,5H2,1-2H3. The van der Waals surface area contributed by atoms with Crippen LogP contribution in [0.4, 0.5) is 8.78 Å². The molecule has 0 heterocycles. The van der Waals surface area contributed by atoms with Crippen LogP contribution in [0.25, 0.3) is 22.3 Å². The van der Waals surface area contributed by atoms with Gasteiger partial charge in [0.15, 0.2) is 11.6 Å². The molecule has 0 aromatic heterocycles. The number of rotatable bonds is 4. The van der Waals surface area contributed by atoms with Crippen molar-refractivity contribution >= 4 is 0 Å². The molecule has 3 aromatic carbocycles. The summed E-state index contributed by atoms with van der Waals surface area (Å²) in [6.45, 7) is 3.87. The molecule has 0 spiro atoms. The van der Waals surface area contributed by atoms with E-state index in [1.54, 1.807) is 31.2 Å². The first-order valence-electron chi connectivity index (χ1n) is 8.74. The summed E-state index contributed by atoms with van der Waals surface area (Å²) in [5, 5.41) is 0. The quantitative estimate of drug-likeness (QED) is 0.466. The number of aryl methyl sites for hydroxylation is 1. The minimum absolute atomic E-state index is 0.255. The Balaban J connectivity index is 1.96. The van der Waals surface area contributed by atoms with Crippen LogP contribution >= 0.6 is 0 Å². The van der Waals surface area contributed by atoms with Crippen molar-refractivity contribution in [2.24, 2.45) is 0 Å². The number of hydrogen-bond donors (Lipinski definition) is 0. The summed E-state index contributed by atoms with van der Waals surface area (Å²) in [5.41, 5.74) is 3.90. The summed E-state index contributed by atoms with van der Waals surface area (Å²) in [7, 11) is 0. The number of hydrogen-bond acceptors (Lipinski definition) is 0. The molecule has 130 valence electrons. The van der Waals surface area contributed by atoms with Crippen LogP contribution in [-0.4, -0.2) is 0 Å². The Labute approximate surface area is 153 Å². The second-order valence-corrected chi connectivity index (χ2v) is 6.19. The highest BCUT2D eigenvalue weighted by Crippen LogP contribution is 2.31. The van der Waals surface area contributed by atoms with Gasteiger partial charge in [0.25, 0.3) is 0 Å². The summed E-state index contributed by atoms with van der Waals surface area (Å²) in [6, 6.07) is 18.0. The fourth-order valence-corrected chi connectivity index (χ4v) is 3.01. The molecule has 3 rings (SSSR count). The van der Waals surface area contributed by atoms with Crippen LogP contribution in [0.15, 0.2) is 60.7 Å². The van der Waals surface area contributed by atoms with E-state index in [-0.39, 0.29) is 11.1 Å². The molecule has 3 aromatic rings. The van der Waals surface area contributed by atoms with Crippen molar-refractivity contribution in [1.29, 1.82) is 0 Å². The van der Waals surface area contributed by atoms with Crippen molar-refractivity contribution in [1.82, 2.24) is 0 Å². The maximum absolute atomic E-state index is 14.7. The van der Waals surface area contributed by atoms with Gasteiger partial charge in [-0.15, -0.1) is 5.92 Å². The zero-order valence-electron chi connectivity index (χ0n) is 14.9. The lowest BCUT2D eigenvalue weighted by Gasteiger charge is -2.10. The Hall–Kier alpha value is -2.92. The average molecular weight is 346 g/mol. The van der Waals surface area contributed by atoms with Crippen LogP contribution in [0, 0.1) is 23.5 Å². The smallest absolute Gasteiger partial charge is 0.167 e. The Bertz CT molecular complexity index is 956. The van der Waals surface area contributed by atoms with E-state index in [2.05, 4.69) is 18.8 Å². The van der Waals surface area contributed by atoms with Crippen molar-refractivity contribution in [2.45, 2.75) is 26.7 Å². The second-order valence-electron chi connectivity index (χ2n) is 6.19. The lowest BCUT2D eigenvalue weighted by atomic mass is 9.97. The maximum Gasteiger partial charge on any atom is 0.167 e. The van der Waals surface area contributed by atoms with Crippen LogP contribution in [0.1, 0.15) is 31.4 Å². The number of halogens is 2. The lowest BCUT2D eigenvalue weighted by molar-refractivity contribution is 0.514. The zero-order chi connectivity index (χ0) is 18.5. The van der Waals surface area contributed by atoms with Gasteiger partial charge in [-0.1, -0.05) is 67.8 Å². The van der Waals surface area contributed by atoms with Gasteiger partial charge in [0.2, 0.25) is 0 Å². The minimum atomic E-state index is -0.825. The van der Waals surface area contributed by atoms with E-state index in [9.17, 15) is 8.78 Å². The van der Waals surface area contributed by atoms with Gasteiger partial charge in [0, 0.05) is 16.7 Å². The molecule has 0 bridgehead atoms. The van der Waals surface area contributed by atoms with Gasteiger partial charge in [-0.25, -0.2) is 8.78 Å². The van der Waals surface area contributed by atoms with Gasteiger partial charge in [-0.2, -0.15) is 0 Å². The van der Waals surface area contributed by atoms with Gasteiger partial charge < -0.3 is 0 Å². The van der Waals surface area contributed by atoms with E-state index < -0.39 is 11.6 Å². The van der Waals surface area contributed by atoms with Gasteiger partial charge in [0.1, 0.15) is 0 Å². The molecule has 0 aliphatic carbocycles. The first kappa shape index (κ1) is 17.9. The molecule has 0 nitrogen and oxygen atoms in total. The maximum atomic E-state index is 14.7. The summed E-state index contributed by atoms with van der Waals surface area (Å²) < 4.78 is 29.4. The molecule has 0 atom stereocenters. The van der Waals surface area contributed by atoms with Crippen molar-refractivity contribution in [3.63, 3.8) is 0 Å². The molecule has 0 unspecified atom stereocenters. The monoisotopic (exact) mass is 346 g/mol. The van der Waals surface area contributed by atoms with E-state index in [0.29, 0.717) is 11.1 Å². The summed E-state index contributed by atoms with van der Waals surface area (Å²) >= 11 is 0. The summed E-state index contributed by atoms with van der Waals surface area (Å²) in [6.07, 6.45) is 2.04. The highest BCUT2D eigenvalue weighted by atomic mass is 19.2. The average Bonchev–Trinajstić information content (AvgIpc) is 2.66. The third kappa shape index (κ3) is 3.68. The predicted octanol–water partition coefficient (Wildman–Crippen LogP) is 6.62. The van der Waals surface area contributed by atoms with Crippen LogP contribution in [-0.2, 0) is 6.42 Å². The van der Waals surface area contributed by atoms with Gasteiger partial charge in [0.05, 0.1) is 0 Å². The Morgan fingerprint density at radius 1 is 0.731 bits per heavy atom. The SMILES string of the molecule is CC#Cc1ccc(-c2ccc(-c3ccc(CCC)cc3)c(F)c2F)cc1. The summed E-state index contributed by atoms with van der Waals surface area (Å²) in [4.78, 5) is 0. The normalized spacial score (nSPS) is 10.3.